The molecule has 1 aliphatic rings. The minimum absolute atomic E-state index is 0.0537. The highest BCUT2D eigenvalue weighted by atomic mass is 32.1. The van der Waals surface area contributed by atoms with E-state index in [4.69, 9.17) is 9.47 Å². The van der Waals surface area contributed by atoms with Crippen molar-refractivity contribution in [1.82, 2.24) is 10.2 Å². The number of esters is 2. The molecule has 0 unspecified atom stereocenters. The SMILES string of the molecule is COC(=O)c1cc(NC(=O)CN2CCC(C(=O)NCCc3cccs3)CC2)cc(C(=O)OC)c1. The molecule has 0 aliphatic carbocycles. The van der Waals surface area contributed by atoms with E-state index in [2.05, 4.69) is 16.7 Å². The number of hydrogen-bond acceptors (Lipinski definition) is 8. The number of rotatable bonds is 9. The fourth-order valence-electron chi connectivity index (χ4n) is 3.84. The number of anilines is 1. The van der Waals surface area contributed by atoms with Gasteiger partial charge in [-0.3, -0.25) is 14.5 Å². The van der Waals surface area contributed by atoms with Crippen molar-refractivity contribution < 1.29 is 28.7 Å². The normalized spacial score (nSPS) is 14.3. The number of thiophene rings is 1. The van der Waals surface area contributed by atoms with E-state index < -0.39 is 11.9 Å². The maximum absolute atomic E-state index is 12.6. The lowest BCUT2D eigenvalue weighted by atomic mass is 9.96. The maximum atomic E-state index is 12.6. The Bertz CT molecular complexity index is 981. The standard InChI is InChI=1S/C24H29N3O6S/c1-32-23(30)17-12-18(24(31)33-2)14-19(13-17)26-21(28)15-27-9-6-16(7-10-27)22(29)25-8-5-20-4-3-11-34-20/h3-4,11-14,16H,5-10,15H2,1-2H3,(H,25,29)(H,26,28). The smallest absolute Gasteiger partial charge is 0.337 e. The molecule has 1 fully saturated rings. The summed E-state index contributed by atoms with van der Waals surface area (Å²) in [4.78, 5) is 52.1. The lowest BCUT2D eigenvalue weighted by Crippen LogP contribution is -2.43. The van der Waals surface area contributed by atoms with E-state index in [1.54, 1.807) is 11.3 Å². The maximum Gasteiger partial charge on any atom is 0.337 e. The summed E-state index contributed by atoms with van der Waals surface area (Å²) in [5, 5.41) is 7.77. The van der Waals surface area contributed by atoms with Gasteiger partial charge in [0.15, 0.2) is 0 Å². The van der Waals surface area contributed by atoms with E-state index in [1.807, 2.05) is 16.3 Å². The summed E-state index contributed by atoms with van der Waals surface area (Å²) in [7, 11) is 2.47. The van der Waals surface area contributed by atoms with Crippen molar-refractivity contribution in [3.63, 3.8) is 0 Å². The van der Waals surface area contributed by atoms with Gasteiger partial charge in [-0.1, -0.05) is 6.07 Å². The number of carbonyl (C=O) groups excluding carboxylic acids is 4. The molecule has 1 aliphatic heterocycles. The van der Waals surface area contributed by atoms with E-state index >= 15 is 0 Å². The van der Waals surface area contributed by atoms with Crippen LogP contribution in [0.4, 0.5) is 5.69 Å². The quantitative estimate of drug-likeness (QED) is 0.522. The van der Waals surface area contributed by atoms with Crippen molar-refractivity contribution in [2.75, 3.05) is 45.7 Å². The second kappa shape index (κ2) is 12.3. The van der Waals surface area contributed by atoms with E-state index in [0.29, 0.717) is 38.2 Å². The molecule has 2 aromatic rings. The molecule has 1 aromatic heterocycles. The van der Waals surface area contributed by atoms with Crippen LogP contribution >= 0.6 is 11.3 Å². The van der Waals surface area contributed by atoms with Crippen LogP contribution in [-0.4, -0.2) is 69.1 Å². The highest BCUT2D eigenvalue weighted by Crippen LogP contribution is 2.19. The van der Waals surface area contributed by atoms with E-state index in [9.17, 15) is 19.2 Å². The first-order chi connectivity index (χ1) is 16.4. The van der Waals surface area contributed by atoms with Gasteiger partial charge in [0, 0.05) is 23.0 Å². The Morgan fingerprint density at radius 3 is 2.24 bits per heavy atom. The van der Waals surface area contributed by atoms with Crippen LogP contribution in [0.25, 0.3) is 0 Å². The minimum atomic E-state index is -0.628. The molecule has 3 rings (SSSR count). The Morgan fingerprint density at radius 2 is 1.68 bits per heavy atom. The van der Waals surface area contributed by atoms with Crippen molar-refractivity contribution >= 4 is 40.8 Å². The number of amides is 2. The summed E-state index contributed by atoms with van der Waals surface area (Å²) >= 11 is 1.68. The number of benzene rings is 1. The van der Waals surface area contributed by atoms with Crippen molar-refractivity contribution in [3.8, 4) is 0 Å². The zero-order valence-corrected chi connectivity index (χ0v) is 20.1. The van der Waals surface area contributed by atoms with Crippen molar-refractivity contribution in [1.29, 1.82) is 0 Å². The molecule has 9 nitrogen and oxygen atoms in total. The van der Waals surface area contributed by atoms with Gasteiger partial charge in [0.05, 0.1) is 31.9 Å². The molecule has 10 heteroatoms. The average molecular weight is 488 g/mol. The molecule has 1 saturated heterocycles. The molecule has 1 aromatic carbocycles. The van der Waals surface area contributed by atoms with Crippen LogP contribution in [0.15, 0.2) is 35.7 Å². The van der Waals surface area contributed by atoms with Gasteiger partial charge in [-0.15, -0.1) is 11.3 Å². The third-order valence-corrected chi connectivity index (χ3v) is 6.57. The molecule has 2 heterocycles. The molecule has 34 heavy (non-hydrogen) atoms. The van der Waals surface area contributed by atoms with Crippen LogP contribution < -0.4 is 10.6 Å². The summed E-state index contributed by atoms with van der Waals surface area (Å²) < 4.78 is 9.43. The average Bonchev–Trinajstić information content (AvgIpc) is 3.36. The zero-order valence-electron chi connectivity index (χ0n) is 19.3. The van der Waals surface area contributed by atoms with E-state index in [0.717, 1.165) is 6.42 Å². The lowest BCUT2D eigenvalue weighted by Gasteiger charge is -2.30. The topological polar surface area (TPSA) is 114 Å². The van der Waals surface area contributed by atoms with Gasteiger partial charge in [0.2, 0.25) is 11.8 Å². The molecule has 0 spiro atoms. The molecular weight excluding hydrogens is 458 g/mol. The first kappa shape index (κ1) is 25.4. The Morgan fingerprint density at radius 1 is 1.03 bits per heavy atom. The number of nitrogens with one attached hydrogen (secondary N) is 2. The van der Waals surface area contributed by atoms with E-state index in [-0.39, 0.29) is 35.4 Å². The summed E-state index contributed by atoms with van der Waals surface area (Å²) in [6.07, 6.45) is 2.20. The van der Waals surface area contributed by atoms with Crippen molar-refractivity contribution in [2.24, 2.45) is 5.92 Å². The van der Waals surface area contributed by atoms with Crippen molar-refractivity contribution in [3.05, 3.63) is 51.7 Å². The Hall–Kier alpha value is -3.24. The molecule has 2 amide bonds. The minimum Gasteiger partial charge on any atom is -0.465 e. The first-order valence-corrected chi connectivity index (χ1v) is 11.9. The monoisotopic (exact) mass is 487 g/mol. The number of likely N-dealkylation sites (tertiary alicyclic amines) is 1. The number of carbonyl (C=O) groups is 4. The van der Waals surface area contributed by atoms with Gasteiger partial charge in [-0.2, -0.15) is 0 Å². The predicted molar refractivity (Wildman–Crippen MR) is 128 cm³/mol. The number of methoxy groups -OCH3 is 2. The Kier molecular flexibility index (Phi) is 9.17. The highest BCUT2D eigenvalue weighted by molar-refractivity contribution is 7.09. The van der Waals surface area contributed by atoms with Crippen LogP contribution in [0.5, 0.6) is 0 Å². The van der Waals surface area contributed by atoms with Gasteiger partial charge in [-0.25, -0.2) is 9.59 Å². The number of piperidine rings is 1. The van der Waals surface area contributed by atoms with Crippen LogP contribution in [-0.2, 0) is 25.5 Å². The molecular formula is C24H29N3O6S. The largest absolute Gasteiger partial charge is 0.465 e. The van der Waals surface area contributed by atoms with Crippen LogP contribution in [0.2, 0.25) is 0 Å². The van der Waals surface area contributed by atoms with Gasteiger partial charge in [-0.05, 0) is 62.0 Å². The fourth-order valence-corrected chi connectivity index (χ4v) is 4.55. The molecule has 182 valence electrons. The molecule has 0 bridgehead atoms. The molecule has 0 atom stereocenters. The third-order valence-electron chi connectivity index (χ3n) is 5.64. The Labute approximate surface area is 202 Å². The Balaban J connectivity index is 1.48. The van der Waals surface area contributed by atoms with Crippen LogP contribution in [0.3, 0.4) is 0 Å². The summed E-state index contributed by atoms with van der Waals surface area (Å²) in [5.74, 6) is -1.52. The van der Waals surface area contributed by atoms with Gasteiger partial charge >= 0.3 is 11.9 Å². The fraction of sp³-hybridized carbons (Fsp3) is 0.417. The van der Waals surface area contributed by atoms with Gasteiger partial charge in [0.1, 0.15) is 0 Å². The summed E-state index contributed by atoms with van der Waals surface area (Å²) in [6, 6.07) is 8.30. The highest BCUT2D eigenvalue weighted by Gasteiger charge is 2.26. The number of nitrogens with zero attached hydrogens (tertiary/aromatic N) is 1. The third kappa shape index (κ3) is 7.13. The van der Waals surface area contributed by atoms with Crippen LogP contribution in [0.1, 0.15) is 38.4 Å². The molecule has 0 saturated carbocycles. The molecule has 0 radical (unpaired) electrons. The summed E-state index contributed by atoms with van der Waals surface area (Å²) in [6.45, 7) is 2.03. The second-order valence-electron chi connectivity index (χ2n) is 8.00. The number of ether oxygens (including phenoxy) is 2. The first-order valence-electron chi connectivity index (χ1n) is 11.0. The van der Waals surface area contributed by atoms with Gasteiger partial charge in [0.25, 0.3) is 0 Å². The van der Waals surface area contributed by atoms with E-state index in [1.165, 1.54) is 37.3 Å². The molecule has 2 N–H and O–H groups in total. The predicted octanol–water partition coefficient (Wildman–Crippen LogP) is 2.33. The van der Waals surface area contributed by atoms with Gasteiger partial charge < -0.3 is 20.1 Å². The lowest BCUT2D eigenvalue weighted by molar-refractivity contribution is -0.126. The van der Waals surface area contributed by atoms with Crippen LogP contribution in [0, 0.1) is 5.92 Å². The number of hydrogen-bond donors (Lipinski definition) is 2. The zero-order chi connectivity index (χ0) is 24.5. The second-order valence-corrected chi connectivity index (χ2v) is 9.03. The summed E-state index contributed by atoms with van der Waals surface area (Å²) in [5.41, 5.74) is 0.562. The van der Waals surface area contributed by atoms with Crippen molar-refractivity contribution in [2.45, 2.75) is 19.3 Å².